The molecule has 1 heterocycles. The molecule has 0 amide bonds. The number of ether oxygens (including phenoxy) is 1. The average Bonchev–Trinajstić information content (AvgIpc) is 2.87. The first-order valence-electron chi connectivity index (χ1n) is 7.21. The highest BCUT2D eigenvalue weighted by atomic mass is 16.5. The van der Waals surface area contributed by atoms with Gasteiger partial charge in [-0.1, -0.05) is 31.3 Å². The smallest absolute Gasteiger partial charge is 0.315 e. The van der Waals surface area contributed by atoms with Crippen LogP contribution in [0.1, 0.15) is 63.6 Å². The topological polar surface area (TPSA) is 65.2 Å². The first-order chi connectivity index (χ1) is 9.22. The third-order valence-corrected chi connectivity index (χ3v) is 3.81. The highest BCUT2D eigenvalue weighted by Crippen LogP contribution is 2.36. The Labute approximate surface area is 113 Å². The Balaban J connectivity index is 1.94. The van der Waals surface area contributed by atoms with Crippen molar-refractivity contribution in [2.24, 2.45) is 5.92 Å². The van der Waals surface area contributed by atoms with E-state index in [0.29, 0.717) is 18.4 Å². The van der Waals surface area contributed by atoms with Crippen molar-refractivity contribution >= 4 is 5.97 Å². The van der Waals surface area contributed by atoms with Crippen LogP contribution in [0, 0.1) is 5.92 Å². The summed E-state index contributed by atoms with van der Waals surface area (Å²) < 4.78 is 10.0. The highest BCUT2D eigenvalue weighted by Gasteiger charge is 2.26. The number of esters is 1. The minimum atomic E-state index is -0.312. The molecule has 0 aliphatic heterocycles. The normalized spacial score (nSPS) is 23.3. The van der Waals surface area contributed by atoms with E-state index in [2.05, 4.69) is 17.1 Å². The second-order valence-electron chi connectivity index (χ2n) is 5.17. The lowest BCUT2D eigenvalue weighted by atomic mass is 9.80. The molecule has 19 heavy (non-hydrogen) atoms. The molecule has 1 saturated carbocycles. The Bertz CT molecular complexity index is 417. The van der Waals surface area contributed by atoms with Crippen LogP contribution in [0.15, 0.2) is 4.52 Å². The molecule has 2 unspecified atom stereocenters. The van der Waals surface area contributed by atoms with Gasteiger partial charge in [0.2, 0.25) is 5.89 Å². The van der Waals surface area contributed by atoms with E-state index in [0.717, 1.165) is 24.6 Å². The molecule has 0 saturated heterocycles. The maximum atomic E-state index is 11.3. The summed E-state index contributed by atoms with van der Waals surface area (Å²) in [4.78, 5) is 15.7. The van der Waals surface area contributed by atoms with E-state index in [1.54, 1.807) is 6.92 Å². The first-order valence-corrected chi connectivity index (χ1v) is 7.21. The van der Waals surface area contributed by atoms with E-state index < -0.39 is 0 Å². The van der Waals surface area contributed by atoms with E-state index in [1.165, 1.54) is 19.3 Å². The van der Waals surface area contributed by atoms with Gasteiger partial charge in [-0.15, -0.1) is 0 Å². The van der Waals surface area contributed by atoms with Crippen molar-refractivity contribution in [3.8, 4) is 0 Å². The first kappa shape index (κ1) is 14.0. The number of carbonyl (C=O) groups is 1. The van der Waals surface area contributed by atoms with Crippen molar-refractivity contribution in [2.75, 3.05) is 6.61 Å². The van der Waals surface area contributed by atoms with E-state index in [-0.39, 0.29) is 12.4 Å². The Morgan fingerprint density at radius 3 is 3.00 bits per heavy atom. The van der Waals surface area contributed by atoms with Crippen LogP contribution in [-0.2, 0) is 16.0 Å². The van der Waals surface area contributed by atoms with Crippen LogP contribution >= 0.6 is 0 Å². The van der Waals surface area contributed by atoms with Gasteiger partial charge >= 0.3 is 5.97 Å². The standard InChI is InChI=1S/C14H22N2O3/c1-3-10-6-5-7-11(8-10)14-15-12(19-16-14)9-13(17)18-4-2/h10-11H,3-9H2,1-2H3. The number of nitrogens with zero attached hydrogens (tertiary/aromatic N) is 2. The van der Waals surface area contributed by atoms with Gasteiger partial charge in [0.15, 0.2) is 5.82 Å². The zero-order chi connectivity index (χ0) is 13.7. The highest BCUT2D eigenvalue weighted by molar-refractivity contribution is 5.71. The van der Waals surface area contributed by atoms with Crippen molar-refractivity contribution in [3.63, 3.8) is 0 Å². The summed E-state index contributed by atoms with van der Waals surface area (Å²) in [6.07, 6.45) is 6.07. The molecule has 106 valence electrons. The Morgan fingerprint density at radius 1 is 1.42 bits per heavy atom. The van der Waals surface area contributed by atoms with Gasteiger partial charge in [0.05, 0.1) is 6.61 Å². The largest absolute Gasteiger partial charge is 0.466 e. The van der Waals surface area contributed by atoms with Crippen molar-refractivity contribution in [2.45, 2.75) is 58.3 Å². The van der Waals surface area contributed by atoms with Crippen LogP contribution in [0.5, 0.6) is 0 Å². The fraction of sp³-hybridized carbons (Fsp3) is 0.786. The van der Waals surface area contributed by atoms with Gasteiger partial charge in [0.25, 0.3) is 0 Å². The van der Waals surface area contributed by atoms with Gasteiger partial charge in [0.1, 0.15) is 6.42 Å². The maximum absolute atomic E-state index is 11.3. The molecule has 0 radical (unpaired) electrons. The number of hydrogen-bond donors (Lipinski definition) is 0. The van der Waals surface area contributed by atoms with Gasteiger partial charge in [-0.25, -0.2) is 0 Å². The quantitative estimate of drug-likeness (QED) is 0.767. The SMILES string of the molecule is CCOC(=O)Cc1nc(C2CCCC(CC)C2)no1. The van der Waals surface area contributed by atoms with Crippen molar-refractivity contribution < 1.29 is 14.1 Å². The predicted molar refractivity (Wildman–Crippen MR) is 69.6 cm³/mol. The molecule has 1 aliphatic carbocycles. The lowest BCUT2D eigenvalue weighted by molar-refractivity contribution is -0.142. The predicted octanol–water partition coefficient (Wildman–Crippen LogP) is 2.86. The third kappa shape index (κ3) is 3.78. The van der Waals surface area contributed by atoms with Crippen LogP contribution in [0.4, 0.5) is 0 Å². The number of carbonyl (C=O) groups excluding carboxylic acids is 1. The minimum Gasteiger partial charge on any atom is -0.466 e. The molecule has 0 bridgehead atoms. The summed E-state index contributed by atoms with van der Waals surface area (Å²) in [5.74, 6) is 1.97. The molecule has 0 N–H and O–H groups in total. The molecule has 0 spiro atoms. The van der Waals surface area contributed by atoms with E-state index in [4.69, 9.17) is 9.26 Å². The van der Waals surface area contributed by atoms with Crippen LogP contribution in [0.3, 0.4) is 0 Å². The average molecular weight is 266 g/mol. The molecule has 1 aromatic heterocycles. The molecule has 5 heteroatoms. The molecule has 2 atom stereocenters. The molecule has 1 fully saturated rings. The molecular formula is C14H22N2O3. The van der Waals surface area contributed by atoms with Gasteiger partial charge < -0.3 is 9.26 Å². The Hall–Kier alpha value is -1.39. The van der Waals surface area contributed by atoms with Crippen LogP contribution < -0.4 is 0 Å². The fourth-order valence-electron chi connectivity index (χ4n) is 2.74. The van der Waals surface area contributed by atoms with Gasteiger partial charge in [-0.2, -0.15) is 4.98 Å². The number of aromatic nitrogens is 2. The fourth-order valence-corrected chi connectivity index (χ4v) is 2.74. The summed E-state index contributed by atoms with van der Waals surface area (Å²) in [5, 5.41) is 4.03. The molecular weight excluding hydrogens is 244 g/mol. The Kier molecular flexibility index (Phi) is 4.93. The van der Waals surface area contributed by atoms with Crippen LogP contribution in [0.25, 0.3) is 0 Å². The summed E-state index contributed by atoms with van der Waals surface area (Å²) in [6, 6.07) is 0. The lowest BCUT2D eigenvalue weighted by Gasteiger charge is -2.26. The summed E-state index contributed by atoms with van der Waals surface area (Å²) in [5.41, 5.74) is 0. The van der Waals surface area contributed by atoms with Crippen LogP contribution in [0.2, 0.25) is 0 Å². The third-order valence-electron chi connectivity index (χ3n) is 3.81. The van der Waals surface area contributed by atoms with Crippen molar-refractivity contribution in [3.05, 3.63) is 11.7 Å². The zero-order valence-corrected chi connectivity index (χ0v) is 11.7. The van der Waals surface area contributed by atoms with E-state index in [9.17, 15) is 4.79 Å². The maximum Gasteiger partial charge on any atom is 0.315 e. The van der Waals surface area contributed by atoms with E-state index >= 15 is 0 Å². The zero-order valence-electron chi connectivity index (χ0n) is 11.7. The lowest BCUT2D eigenvalue weighted by Crippen LogP contribution is -2.14. The number of hydrogen-bond acceptors (Lipinski definition) is 5. The van der Waals surface area contributed by atoms with Crippen molar-refractivity contribution in [1.29, 1.82) is 0 Å². The summed E-state index contributed by atoms with van der Waals surface area (Å²) in [7, 11) is 0. The molecule has 1 aromatic rings. The molecule has 5 nitrogen and oxygen atoms in total. The van der Waals surface area contributed by atoms with Gasteiger partial charge in [-0.3, -0.25) is 4.79 Å². The Morgan fingerprint density at radius 2 is 2.26 bits per heavy atom. The second-order valence-corrected chi connectivity index (χ2v) is 5.17. The molecule has 2 rings (SSSR count). The van der Waals surface area contributed by atoms with Crippen molar-refractivity contribution in [1.82, 2.24) is 10.1 Å². The summed E-state index contributed by atoms with van der Waals surface area (Å²) >= 11 is 0. The number of rotatable bonds is 5. The summed E-state index contributed by atoms with van der Waals surface area (Å²) in [6.45, 7) is 4.39. The molecule has 0 aromatic carbocycles. The monoisotopic (exact) mass is 266 g/mol. The minimum absolute atomic E-state index is 0.0742. The van der Waals surface area contributed by atoms with E-state index in [1.807, 2.05) is 0 Å². The van der Waals surface area contributed by atoms with Gasteiger partial charge in [0, 0.05) is 5.92 Å². The molecule has 1 aliphatic rings. The second kappa shape index (κ2) is 6.68. The van der Waals surface area contributed by atoms with Gasteiger partial charge in [-0.05, 0) is 25.7 Å². The van der Waals surface area contributed by atoms with Crippen LogP contribution in [-0.4, -0.2) is 22.7 Å².